The number of nitrogens with one attached hydrogen (secondary N) is 1. The van der Waals surface area contributed by atoms with Crippen LogP contribution in [0, 0.1) is 0 Å². The van der Waals surface area contributed by atoms with E-state index in [2.05, 4.69) is 34.6 Å². The SMILES string of the molecule is CC(C)(C)OC(=O)NC1(c2ccc(-c3ccc4nc(-c5ccccc5)cn4n3)cc2)CCC1. The van der Waals surface area contributed by atoms with Crippen molar-refractivity contribution in [2.24, 2.45) is 0 Å². The molecule has 0 aliphatic heterocycles. The molecule has 0 bridgehead atoms. The van der Waals surface area contributed by atoms with Crippen molar-refractivity contribution in [1.29, 1.82) is 0 Å². The Balaban J connectivity index is 1.38. The zero-order chi connectivity index (χ0) is 23.1. The molecule has 0 radical (unpaired) electrons. The van der Waals surface area contributed by atoms with Crippen LogP contribution in [0.2, 0.25) is 0 Å². The predicted octanol–water partition coefficient (Wildman–Crippen LogP) is 5.97. The second-order valence-corrected chi connectivity index (χ2v) is 9.65. The summed E-state index contributed by atoms with van der Waals surface area (Å²) in [5, 5.41) is 7.89. The van der Waals surface area contributed by atoms with Crippen LogP contribution in [0.15, 0.2) is 72.9 Å². The third-order valence-corrected chi connectivity index (χ3v) is 6.07. The lowest BCUT2D eigenvalue weighted by Crippen LogP contribution is -2.52. The molecule has 1 amide bonds. The number of amides is 1. The molecule has 0 atom stereocenters. The van der Waals surface area contributed by atoms with Crippen molar-refractivity contribution in [3.8, 4) is 22.5 Å². The minimum absolute atomic E-state index is 0.354. The van der Waals surface area contributed by atoms with Gasteiger partial charge in [-0.25, -0.2) is 14.3 Å². The number of hydrogen-bond acceptors (Lipinski definition) is 4. The van der Waals surface area contributed by atoms with E-state index in [4.69, 9.17) is 9.84 Å². The van der Waals surface area contributed by atoms with Gasteiger partial charge in [0, 0.05) is 11.1 Å². The third-order valence-electron chi connectivity index (χ3n) is 6.07. The third kappa shape index (κ3) is 4.33. The molecule has 1 aliphatic rings. The fourth-order valence-corrected chi connectivity index (χ4v) is 4.26. The van der Waals surface area contributed by atoms with E-state index in [0.29, 0.717) is 0 Å². The molecule has 0 spiro atoms. The van der Waals surface area contributed by atoms with Crippen molar-refractivity contribution in [3.63, 3.8) is 0 Å². The highest BCUT2D eigenvalue weighted by atomic mass is 16.6. The summed E-state index contributed by atoms with van der Waals surface area (Å²) in [6.07, 6.45) is 4.49. The fraction of sp³-hybridized carbons (Fsp3) is 0.296. The van der Waals surface area contributed by atoms with E-state index < -0.39 is 5.60 Å². The summed E-state index contributed by atoms with van der Waals surface area (Å²) in [4.78, 5) is 17.1. The van der Waals surface area contributed by atoms with Crippen molar-refractivity contribution in [3.05, 3.63) is 78.5 Å². The zero-order valence-electron chi connectivity index (χ0n) is 19.2. The standard InChI is InChI=1S/C27H28N4O2/c1-26(2,3)33-25(32)29-27(16-7-17-27)21-12-10-20(11-13-21)22-14-15-24-28-23(18-31(24)30-22)19-8-5-4-6-9-19/h4-6,8-15,18H,7,16-17H2,1-3H3,(H,29,32). The van der Waals surface area contributed by atoms with Crippen LogP contribution >= 0.6 is 0 Å². The zero-order valence-corrected chi connectivity index (χ0v) is 19.2. The average molecular weight is 441 g/mol. The van der Waals surface area contributed by atoms with Gasteiger partial charge in [-0.2, -0.15) is 5.10 Å². The molecule has 6 heteroatoms. The lowest BCUT2D eigenvalue weighted by molar-refractivity contribution is 0.0377. The highest BCUT2D eigenvalue weighted by molar-refractivity contribution is 5.70. The highest BCUT2D eigenvalue weighted by Crippen LogP contribution is 2.42. The van der Waals surface area contributed by atoms with E-state index >= 15 is 0 Å². The average Bonchev–Trinajstić information content (AvgIpc) is 3.19. The van der Waals surface area contributed by atoms with E-state index in [-0.39, 0.29) is 11.6 Å². The van der Waals surface area contributed by atoms with Gasteiger partial charge in [0.25, 0.3) is 0 Å². The Labute approximate surface area is 193 Å². The summed E-state index contributed by atoms with van der Waals surface area (Å²) in [5.41, 5.74) is 4.89. The Kier molecular flexibility index (Phi) is 5.16. The number of alkyl carbamates (subject to hydrolysis) is 1. The minimum Gasteiger partial charge on any atom is -0.444 e. The van der Waals surface area contributed by atoms with Gasteiger partial charge in [0.15, 0.2) is 5.65 Å². The van der Waals surface area contributed by atoms with Gasteiger partial charge in [-0.15, -0.1) is 0 Å². The molecular formula is C27H28N4O2. The second kappa shape index (κ2) is 8.03. The number of carbonyl (C=O) groups excluding carboxylic acids is 1. The van der Waals surface area contributed by atoms with Gasteiger partial charge < -0.3 is 10.1 Å². The topological polar surface area (TPSA) is 68.5 Å². The minimum atomic E-state index is -0.517. The summed E-state index contributed by atoms with van der Waals surface area (Å²) in [7, 11) is 0. The molecule has 5 rings (SSSR count). The Morgan fingerprint density at radius 3 is 2.27 bits per heavy atom. The summed E-state index contributed by atoms with van der Waals surface area (Å²) in [5.74, 6) is 0. The first-order valence-electron chi connectivity index (χ1n) is 11.4. The number of benzene rings is 2. The molecule has 1 saturated carbocycles. The van der Waals surface area contributed by atoms with Crippen molar-refractivity contribution < 1.29 is 9.53 Å². The van der Waals surface area contributed by atoms with Gasteiger partial charge in [-0.05, 0) is 57.7 Å². The number of carbonyl (C=O) groups is 1. The van der Waals surface area contributed by atoms with Crippen molar-refractivity contribution in [1.82, 2.24) is 19.9 Å². The van der Waals surface area contributed by atoms with E-state index in [1.165, 1.54) is 0 Å². The molecule has 1 N–H and O–H groups in total. The molecule has 0 saturated heterocycles. The van der Waals surface area contributed by atoms with Crippen LogP contribution in [0.4, 0.5) is 4.79 Å². The van der Waals surface area contributed by atoms with Gasteiger partial charge in [-0.1, -0.05) is 54.6 Å². The predicted molar refractivity (Wildman–Crippen MR) is 129 cm³/mol. The van der Waals surface area contributed by atoms with Crippen LogP contribution < -0.4 is 5.32 Å². The summed E-state index contributed by atoms with van der Waals surface area (Å²) >= 11 is 0. The monoisotopic (exact) mass is 440 g/mol. The smallest absolute Gasteiger partial charge is 0.408 e. The number of imidazole rings is 1. The molecule has 2 aromatic carbocycles. The van der Waals surface area contributed by atoms with Gasteiger partial charge in [0.2, 0.25) is 0 Å². The van der Waals surface area contributed by atoms with Gasteiger partial charge in [0.1, 0.15) is 5.60 Å². The van der Waals surface area contributed by atoms with E-state index in [1.807, 2.05) is 73.9 Å². The molecule has 2 heterocycles. The van der Waals surface area contributed by atoms with Crippen LogP contribution in [0.3, 0.4) is 0 Å². The lowest BCUT2D eigenvalue weighted by Gasteiger charge is -2.43. The van der Waals surface area contributed by atoms with Crippen molar-refractivity contribution >= 4 is 11.7 Å². The molecule has 2 aromatic heterocycles. The number of nitrogens with zero attached hydrogens (tertiary/aromatic N) is 3. The summed E-state index contributed by atoms with van der Waals surface area (Å²) in [6, 6.07) is 22.4. The van der Waals surface area contributed by atoms with E-state index in [9.17, 15) is 4.79 Å². The number of ether oxygens (including phenoxy) is 1. The number of fused-ring (bicyclic) bond motifs is 1. The molecular weight excluding hydrogens is 412 g/mol. The first kappa shape index (κ1) is 21.2. The van der Waals surface area contributed by atoms with Gasteiger partial charge in [-0.3, -0.25) is 0 Å². The van der Waals surface area contributed by atoms with Crippen LogP contribution in [-0.2, 0) is 10.3 Å². The lowest BCUT2D eigenvalue weighted by atomic mass is 9.72. The summed E-state index contributed by atoms with van der Waals surface area (Å²) < 4.78 is 7.31. The molecule has 33 heavy (non-hydrogen) atoms. The highest BCUT2D eigenvalue weighted by Gasteiger charge is 2.41. The number of aromatic nitrogens is 3. The largest absolute Gasteiger partial charge is 0.444 e. The van der Waals surface area contributed by atoms with E-state index in [0.717, 1.165) is 53.0 Å². The van der Waals surface area contributed by atoms with Crippen LogP contribution in [0.5, 0.6) is 0 Å². The molecule has 0 unspecified atom stereocenters. The first-order chi connectivity index (χ1) is 15.8. The molecule has 6 nitrogen and oxygen atoms in total. The Bertz CT molecular complexity index is 1280. The van der Waals surface area contributed by atoms with E-state index in [1.54, 1.807) is 0 Å². The molecule has 1 aliphatic carbocycles. The van der Waals surface area contributed by atoms with Gasteiger partial charge >= 0.3 is 6.09 Å². The van der Waals surface area contributed by atoms with Crippen molar-refractivity contribution in [2.45, 2.75) is 51.2 Å². The second-order valence-electron chi connectivity index (χ2n) is 9.65. The Morgan fingerprint density at radius 2 is 1.64 bits per heavy atom. The maximum Gasteiger partial charge on any atom is 0.408 e. The summed E-state index contributed by atoms with van der Waals surface area (Å²) in [6.45, 7) is 5.63. The van der Waals surface area contributed by atoms with Crippen LogP contribution in [-0.4, -0.2) is 26.3 Å². The normalized spacial score (nSPS) is 15.1. The molecule has 168 valence electrons. The quantitative estimate of drug-likeness (QED) is 0.425. The maximum atomic E-state index is 12.4. The maximum absolute atomic E-state index is 12.4. The molecule has 4 aromatic rings. The van der Waals surface area contributed by atoms with Crippen LogP contribution in [0.25, 0.3) is 28.2 Å². The Morgan fingerprint density at radius 1 is 0.939 bits per heavy atom. The van der Waals surface area contributed by atoms with Crippen LogP contribution in [0.1, 0.15) is 45.6 Å². The number of rotatable bonds is 4. The number of hydrogen-bond donors (Lipinski definition) is 1. The van der Waals surface area contributed by atoms with Crippen molar-refractivity contribution in [2.75, 3.05) is 0 Å². The fourth-order valence-electron chi connectivity index (χ4n) is 4.26. The first-order valence-corrected chi connectivity index (χ1v) is 11.4. The Hall–Kier alpha value is -3.67. The van der Waals surface area contributed by atoms with Gasteiger partial charge in [0.05, 0.1) is 23.1 Å². The molecule has 1 fully saturated rings.